The van der Waals surface area contributed by atoms with E-state index in [1.54, 1.807) is 11.3 Å². The molecule has 4 nitrogen and oxygen atoms in total. The van der Waals surface area contributed by atoms with E-state index in [4.69, 9.17) is 4.74 Å². The SMILES string of the molecule is CCOC(=O)c1c(NC(=O)C(C)Sc2ccc(C)cc2)sc2c1CCCCC2. The van der Waals surface area contributed by atoms with Crippen LogP contribution < -0.4 is 5.32 Å². The van der Waals surface area contributed by atoms with Gasteiger partial charge in [0.1, 0.15) is 5.00 Å². The highest BCUT2D eigenvalue weighted by Gasteiger charge is 2.27. The molecule has 0 fully saturated rings. The molecule has 1 aromatic heterocycles. The van der Waals surface area contributed by atoms with Crippen LogP contribution in [0.1, 0.15) is 59.5 Å². The van der Waals surface area contributed by atoms with Crippen molar-refractivity contribution in [2.45, 2.75) is 63.0 Å². The van der Waals surface area contributed by atoms with Crippen molar-refractivity contribution in [1.82, 2.24) is 0 Å². The van der Waals surface area contributed by atoms with Crippen LogP contribution >= 0.6 is 23.1 Å². The van der Waals surface area contributed by atoms with E-state index in [-0.39, 0.29) is 17.1 Å². The summed E-state index contributed by atoms with van der Waals surface area (Å²) in [6.07, 6.45) is 5.22. The van der Waals surface area contributed by atoms with E-state index in [1.807, 2.05) is 45.0 Å². The summed E-state index contributed by atoms with van der Waals surface area (Å²) >= 11 is 3.06. The number of anilines is 1. The molecule has 6 heteroatoms. The molecular formula is C22H27NO3S2. The number of hydrogen-bond donors (Lipinski definition) is 1. The van der Waals surface area contributed by atoms with Crippen molar-refractivity contribution in [1.29, 1.82) is 0 Å². The molecule has 1 aliphatic carbocycles. The molecule has 1 N–H and O–H groups in total. The number of hydrogen-bond acceptors (Lipinski definition) is 5. The summed E-state index contributed by atoms with van der Waals surface area (Å²) in [5, 5.41) is 3.40. The van der Waals surface area contributed by atoms with E-state index >= 15 is 0 Å². The van der Waals surface area contributed by atoms with Gasteiger partial charge in [-0.3, -0.25) is 4.79 Å². The van der Waals surface area contributed by atoms with E-state index in [1.165, 1.54) is 28.6 Å². The average Bonchev–Trinajstić information content (AvgIpc) is 2.84. The Morgan fingerprint density at radius 1 is 1.18 bits per heavy atom. The standard InChI is InChI=1S/C22H27NO3S2/c1-4-26-22(25)19-17-8-6-5-7-9-18(17)28-21(19)23-20(24)15(3)27-16-12-10-14(2)11-13-16/h10-13,15H,4-9H2,1-3H3,(H,23,24). The summed E-state index contributed by atoms with van der Waals surface area (Å²) in [5.74, 6) is -0.413. The van der Waals surface area contributed by atoms with Crippen LogP contribution in [0.3, 0.4) is 0 Å². The minimum atomic E-state index is -0.323. The Morgan fingerprint density at radius 2 is 1.89 bits per heavy atom. The first-order valence-electron chi connectivity index (χ1n) is 9.85. The van der Waals surface area contributed by atoms with Gasteiger partial charge in [0.25, 0.3) is 0 Å². The molecule has 1 aromatic carbocycles. The molecule has 0 saturated heterocycles. The van der Waals surface area contributed by atoms with Crippen LogP contribution in [0.4, 0.5) is 5.00 Å². The first-order chi connectivity index (χ1) is 13.5. The smallest absolute Gasteiger partial charge is 0.341 e. The van der Waals surface area contributed by atoms with Gasteiger partial charge in [0.15, 0.2) is 0 Å². The van der Waals surface area contributed by atoms with Gasteiger partial charge in [0.05, 0.1) is 17.4 Å². The lowest BCUT2D eigenvalue weighted by atomic mass is 10.1. The number of benzene rings is 1. The Kier molecular flexibility index (Phi) is 7.18. The van der Waals surface area contributed by atoms with Crippen LogP contribution in [0.15, 0.2) is 29.2 Å². The Bertz CT molecular complexity index is 842. The van der Waals surface area contributed by atoms with Crippen LogP contribution in [0.5, 0.6) is 0 Å². The summed E-state index contributed by atoms with van der Waals surface area (Å²) in [6, 6.07) is 8.15. The number of amides is 1. The summed E-state index contributed by atoms with van der Waals surface area (Å²) < 4.78 is 5.29. The second-order valence-corrected chi connectivity index (χ2v) is 9.57. The van der Waals surface area contributed by atoms with Crippen LogP contribution in [0.25, 0.3) is 0 Å². The highest BCUT2D eigenvalue weighted by molar-refractivity contribution is 8.00. The van der Waals surface area contributed by atoms with Crippen molar-refractivity contribution in [3.8, 4) is 0 Å². The topological polar surface area (TPSA) is 55.4 Å². The predicted octanol–water partition coefficient (Wildman–Crippen LogP) is 5.62. The number of aryl methyl sites for hydroxylation is 2. The number of fused-ring (bicyclic) bond motifs is 1. The van der Waals surface area contributed by atoms with Crippen molar-refractivity contribution >= 4 is 40.0 Å². The predicted molar refractivity (Wildman–Crippen MR) is 117 cm³/mol. The third-order valence-electron chi connectivity index (χ3n) is 4.84. The Morgan fingerprint density at radius 3 is 2.61 bits per heavy atom. The monoisotopic (exact) mass is 417 g/mol. The molecule has 150 valence electrons. The van der Waals surface area contributed by atoms with Crippen LogP contribution in [0, 0.1) is 6.92 Å². The van der Waals surface area contributed by atoms with Crippen LogP contribution in [-0.4, -0.2) is 23.7 Å². The molecule has 1 amide bonds. The molecule has 1 aliphatic rings. The minimum Gasteiger partial charge on any atom is -0.462 e. The molecule has 3 rings (SSSR count). The molecule has 1 heterocycles. The first kappa shape index (κ1) is 20.9. The molecule has 28 heavy (non-hydrogen) atoms. The fourth-order valence-electron chi connectivity index (χ4n) is 3.34. The number of nitrogens with one attached hydrogen (secondary N) is 1. The van der Waals surface area contributed by atoms with E-state index in [0.717, 1.165) is 36.1 Å². The van der Waals surface area contributed by atoms with Crippen molar-refractivity contribution in [2.75, 3.05) is 11.9 Å². The van der Waals surface area contributed by atoms with Gasteiger partial charge < -0.3 is 10.1 Å². The first-order valence-corrected chi connectivity index (χ1v) is 11.5. The minimum absolute atomic E-state index is 0.0902. The van der Waals surface area contributed by atoms with Gasteiger partial charge in [0, 0.05) is 9.77 Å². The quantitative estimate of drug-likeness (QED) is 0.376. The van der Waals surface area contributed by atoms with Crippen molar-refractivity contribution in [3.05, 3.63) is 45.8 Å². The largest absolute Gasteiger partial charge is 0.462 e. The van der Waals surface area contributed by atoms with Crippen LogP contribution in [0.2, 0.25) is 0 Å². The van der Waals surface area contributed by atoms with Crippen molar-refractivity contribution in [3.63, 3.8) is 0 Å². The molecule has 0 aliphatic heterocycles. The molecule has 0 bridgehead atoms. The number of carbonyl (C=O) groups excluding carboxylic acids is 2. The number of rotatable bonds is 6. The second-order valence-electron chi connectivity index (χ2n) is 7.05. The lowest BCUT2D eigenvalue weighted by Gasteiger charge is -2.13. The molecule has 0 spiro atoms. The fraction of sp³-hybridized carbons (Fsp3) is 0.455. The van der Waals surface area contributed by atoms with E-state index in [9.17, 15) is 9.59 Å². The number of thiophene rings is 1. The Balaban J connectivity index is 1.79. The lowest BCUT2D eigenvalue weighted by Crippen LogP contribution is -2.23. The zero-order valence-electron chi connectivity index (χ0n) is 16.7. The number of esters is 1. The lowest BCUT2D eigenvalue weighted by molar-refractivity contribution is -0.115. The van der Waals surface area contributed by atoms with Gasteiger partial charge in [-0.2, -0.15) is 0 Å². The molecular weight excluding hydrogens is 390 g/mol. The van der Waals surface area contributed by atoms with Gasteiger partial charge in [0.2, 0.25) is 5.91 Å². The zero-order valence-corrected chi connectivity index (χ0v) is 18.3. The maximum absolute atomic E-state index is 12.8. The summed E-state index contributed by atoms with van der Waals surface area (Å²) in [5.41, 5.74) is 2.85. The zero-order chi connectivity index (χ0) is 20.1. The number of carbonyl (C=O) groups is 2. The number of ether oxygens (including phenoxy) is 1. The normalized spacial score (nSPS) is 14.7. The Hall–Kier alpha value is -1.79. The van der Waals surface area contributed by atoms with Gasteiger partial charge in [-0.25, -0.2) is 4.79 Å². The second kappa shape index (κ2) is 9.61. The third kappa shape index (κ3) is 4.97. The molecule has 1 unspecified atom stereocenters. The molecule has 0 saturated carbocycles. The third-order valence-corrected chi connectivity index (χ3v) is 7.16. The van der Waals surface area contributed by atoms with E-state index < -0.39 is 0 Å². The van der Waals surface area contributed by atoms with Gasteiger partial charge in [-0.05, 0) is 64.2 Å². The molecule has 1 atom stereocenters. The van der Waals surface area contributed by atoms with E-state index in [2.05, 4.69) is 5.32 Å². The summed E-state index contributed by atoms with van der Waals surface area (Å²) in [7, 11) is 0. The highest BCUT2D eigenvalue weighted by Crippen LogP contribution is 2.38. The maximum atomic E-state index is 12.8. The summed E-state index contributed by atoms with van der Waals surface area (Å²) in [6.45, 7) is 6.07. The van der Waals surface area contributed by atoms with Gasteiger partial charge >= 0.3 is 5.97 Å². The molecule has 2 aromatic rings. The Labute approximate surface area is 175 Å². The van der Waals surface area contributed by atoms with Gasteiger partial charge in [-0.1, -0.05) is 24.1 Å². The fourth-order valence-corrected chi connectivity index (χ4v) is 5.49. The van der Waals surface area contributed by atoms with Crippen molar-refractivity contribution < 1.29 is 14.3 Å². The van der Waals surface area contributed by atoms with E-state index in [0.29, 0.717) is 17.2 Å². The number of thioether (sulfide) groups is 1. The average molecular weight is 418 g/mol. The maximum Gasteiger partial charge on any atom is 0.341 e. The van der Waals surface area contributed by atoms with Crippen molar-refractivity contribution in [2.24, 2.45) is 0 Å². The molecule has 0 radical (unpaired) electrons. The van der Waals surface area contributed by atoms with Crippen LogP contribution in [-0.2, 0) is 22.4 Å². The highest BCUT2D eigenvalue weighted by atomic mass is 32.2. The summed E-state index contributed by atoms with van der Waals surface area (Å²) in [4.78, 5) is 27.7. The van der Waals surface area contributed by atoms with Gasteiger partial charge in [-0.15, -0.1) is 23.1 Å².